The summed E-state index contributed by atoms with van der Waals surface area (Å²) in [5, 5.41) is 14.3. The van der Waals surface area contributed by atoms with Gasteiger partial charge in [0.2, 0.25) is 0 Å². The van der Waals surface area contributed by atoms with E-state index in [1.165, 1.54) is 24.3 Å². The minimum absolute atomic E-state index is 0.158. The van der Waals surface area contributed by atoms with Gasteiger partial charge in [-0.1, -0.05) is 48.0 Å². The molecule has 34 heavy (non-hydrogen) atoms. The maximum atomic E-state index is 12.9. The summed E-state index contributed by atoms with van der Waals surface area (Å²) in [4.78, 5) is 48.2. The van der Waals surface area contributed by atoms with E-state index in [0.717, 1.165) is 0 Å². The molecule has 0 radical (unpaired) electrons. The Morgan fingerprint density at radius 3 is 2.24 bits per heavy atom. The van der Waals surface area contributed by atoms with Gasteiger partial charge in [0, 0.05) is 40.4 Å². The van der Waals surface area contributed by atoms with E-state index >= 15 is 0 Å². The maximum absolute atomic E-state index is 12.9. The Kier molecular flexibility index (Phi) is 8.10. The number of hydrogen-bond acceptors (Lipinski definition) is 7. The maximum Gasteiger partial charge on any atom is 0.329 e. The molecule has 0 saturated carbocycles. The summed E-state index contributed by atoms with van der Waals surface area (Å²) >= 11 is 6.17. The molecule has 1 atom stereocenters. The van der Waals surface area contributed by atoms with Crippen molar-refractivity contribution in [3.8, 4) is 0 Å². The van der Waals surface area contributed by atoms with Crippen molar-refractivity contribution >= 4 is 40.5 Å². The lowest BCUT2D eigenvalue weighted by Crippen LogP contribution is -2.35. The molecular formula is C25H21ClN2O6. The highest BCUT2D eigenvalue weighted by Crippen LogP contribution is 2.24. The average molecular weight is 481 g/mol. The molecule has 0 aliphatic carbocycles. The Bertz CT molecular complexity index is 1210. The van der Waals surface area contributed by atoms with Gasteiger partial charge in [0.05, 0.1) is 4.92 Å². The van der Waals surface area contributed by atoms with Gasteiger partial charge < -0.3 is 10.1 Å². The standard InChI is InChI=1S/C25H21ClN2O6/c1-16-20(26)8-5-9-21(16)27-22(14-23(29)17-6-3-2-4-7-17)25(31)34-15-24(30)18-10-12-19(13-11-18)28(32)33/h2-13,22,27H,14-15H2,1H3. The number of non-ortho nitro benzene ring substituents is 1. The Hall–Kier alpha value is -4.04. The fraction of sp³-hybridized carbons (Fsp3) is 0.160. The minimum Gasteiger partial charge on any atom is -0.456 e. The second kappa shape index (κ2) is 11.2. The third-order valence-electron chi connectivity index (χ3n) is 5.11. The van der Waals surface area contributed by atoms with Gasteiger partial charge in [0.15, 0.2) is 18.2 Å². The number of ketones is 2. The number of nitrogens with zero attached hydrogens (tertiary/aromatic N) is 1. The van der Waals surface area contributed by atoms with Crippen LogP contribution in [0.1, 0.15) is 32.7 Å². The molecule has 0 aliphatic heterocycles. The molecule has 0 spiro atoms. The predicted octanol–water partition coefficient (Wildman–Crippen LogP) is 5.04. The van der Waals surface area contributed by atoms with Crippen molar-refractivity contribution in [2.24, 2.45) is 0 Å². The number of anilines is 1. The van der Waals surface area contributed by atoms with Crippen LogP contribution in [0.15, 0.2) is 72.8 Å². The number of nitro groups is 1. The third kappa shape index (κ3) is 6.26. The Labute approximate surface area is 200 Å². The quantitative estimate of drug-likeness (QED) is 0.187. The largest absolute Gasteiger partial charge is 0.456 e. The van der Waals surface area contributed by atoms with Crippen LogP contribution < -0.4 is 5.32 Å². The minimum atomic E-state index is -1.07. The molecule has 3 aromatic carbocycles. The molecule has 0 amide bonds. The summed E-state index contributed by atoms with van der Waals surface area (Å²) in [5.41, 5.74) is 1.68. The number of esters is 1. The van der Waals surface area contributed by atoms with Gasteiger partial charge in [-0.2, -0.15) is 0 Å². The summed E-state index contributed by atoms with van der Waals surface area (Å²) in [6, 6.07) is 17.5. The molecule has 9 heteroatoms. The predicted molar refractivity (Wildman–Crippen MR) is 127 cm³/mol. The van der Waals surface area contributed by atoms with Crippen molar-refractivity contribution < 1.29 is 24.0 Å². The van der Waals surface area contributed by atoms with Crippen molar-refractivity contribution in [2.75, 3.05) is 11.9 Å². The molecule has 0 bridgehead atoms. The van der Waals surface area contributed by atoms with E-state index in [4.69, 9.17) is 16.3 Å². The molecule has 8 nitrogen and oxygen atoms in total. The molecule has 174 valence electrons. The molecule has 0 aromatic heterocycles. The number of Topliss-reactive ketones (excluding diaryl/α,β-unsaturated/α-hetero) is 2. The molecule has 0 fully saturated rings. The third-order valence-corrected chi connectivity index (χ3v) is 5.52. The van der Waals surface area contributed by atoms with Crippen LogP contribution in [0.25, 0.3) is 0 Å². The Morgan fingerprint density at radius 2 is 1.59 bits per heavy atom. The molecule has 1 N–H and O–H groups in total. The van der Waals surface area contributed by atoms with Gasteiger partial charge in [0.1, 0.15) is 6.04 Å². The van der Waals surface area contributed by atoms with Crippen molar-refractivity contribution in [3.63, 3.8) is 0 Å². The van der Waals surface area contributed by atoms with E-state index in [0.29, 0.717) is 21.8 Å². The topological polar surface area (TPSA) is 116 Å². The number of carbonyl (C=O) groups excluding carboxylic acids is 3. The van der Waals surface area contributed by atoms with E-state index in [1.54, 1.807) is 55.5 Å². The lowest BCUT2D eigenvalue weighted by molar-refractivity contribution is -0.384. The smallest absolute Gasteiger partial charge is 0.329 e. The highest BCUT2D eigenvalue weighted by atomic mass is 35.5. The Morgan fingerprint density at radius 1 is 0.941 bits per heavy atom. The fourth-order valence-corrected chi connectivity index (χ4v) is 3.34. The van der Waals surface area contributed by atoms with Gasteiger partial charge in [-0.15, -0.1) is 0 Å². The van der Waals surface area contributed by atoms with Crippen LogP contribution in [0.2, 0.25) is 5.02 Å². The zero-order valence-electron chi connectivity index (χ0n) is 18.2. The summed E-state index contributed by atoms with van der Waals surface area (Å²) in [6.07, 6.45) is -0.208. The number of nitro benzene ring substituents is 1. The van der Waals surface area contributed by atoms with E-state index in [9.17, 15) is 24.5 Å². The number of halogens is 1. The zero-order chi connectivity index (χ0) is 24.7. The van der Waals surface area contributed by atoms with Gasteiger partial charge in [-0.25, -0.2) is 4.79 Å². The molecule has 0 heterocycles. The van der Waals surface area contributed by atoms with E-state index < -0.39 is 29.3 Å². The number of carbonyl (C=O) groups is 3. The number of benzene rings is 3. The van der Waals surface area contributed by atoms with Crippen LogP contribution in [0.5, 0.6) is 0 Å². The lowest BCUT2D eigenvalue weighted by Gasteiger charge is -2.20. The van der Waals surface area contributed by atoms with Crippen LogP contribution in [0, 0.1) is 17.0 Å². The molecular weight excluding hydrogens is 460 g/mol. The van der Waals surface area contributed by atoms with E-state index in [1.807, 2.05) is 0 Å². The second-order valence-electron chi connectivity index (χ2n) is 7.44. The lowest BCUT2D eigenvalue weighted by atomic mass is 10.0. The van der Waals surface area contributed by atoms with Crippen molar-refractivity contribution in [1.29, 1.82) is 0 Å². The van der Waals surface area contributed by atoms with Crippen LogP contribution >= 0.6 is 11.6 Å². The SMILES string of the molecule is Cc1c(Cl)cccc1NC(CC(=O)c1ccccc1)C(=O)OCC(=O)c1ccc([N+](=O)[O-])cc1. The van der Waals surface area contributed by atoms with Crippen LogP contribution in [-0.4, -0.2) is 35.1 Å². The fourth-order valence-electron chi connectivity index (χ4n) is 3.16. The van der Waals surface area contributed by atoms with E-state index in [2.05, 4.69) is 5.32 Å². The first-order valence-electron chi connectivity index (χ1n) is 10.3. The summed E-state index contributed by atoms with van der Waals surface area (Å²) in [6.45, 7) is 1.19. The first-order valence-corrected chi connectivity index (χ1v) is 10.7. The summed E-state index contributed by atoms with van der Waals surface area (Å²) in [5.74, 6) is -1.61. The van der Waals surface area contributed by atoms with Crippen molar-refractivity contribution in [1.82, 2.24) is 0 Å². The number of ether oxygens (including phenoxy) is 1. The Balaban J connectivity index is 1.73. The highest BCUT2D eigenvalue weighted by Gasteiger charge is 2.26. The van der Waals surface area contributed by atoms with Crippen LogP contribution in [0.3, 0.4) is 0 Å². The highest BCUT2D eigenvalue weighted by molar-refractivity contribution is 6.31. The molecule has 3 rings (SSSR count). The number of hydrogen-bond donors (Lipinski definition) is 1. The summed E-state index contributed by atoms with van der Waals surface area (Å²) in [7, 11) is 0. The monoisotopic (exact) mass is 480 g/mol. The van der Waals surface area contributed by atoms with Crippen LogP contribution in [0.4, 0.5) is 11.4 Å². The zero-order valence-corrected chi connectivity index (χ0v) is 19.0. The van der Waals surface area contributed by atoms with Gasteiger partial charge >= 0.3 is 5.97 Å². The normalized spacial score (nSPS) is 11.4. The van der Waals surface area contributed by atoms with Crippen molar-refractivity contribution in [3.05, 3.63) is 105 Å². The first kappa shape index (κ1) is 24.6. The van der Waals surface area contributed by atoms with Crippen molar-refractivity contribution in [2.45, 2.75) is 19.4 Å². The summed E-state index contributed by atoms with van der Waals surface area (Å²) < 4.78 is 5.21. The molecule has 0 saturated heterocycles. The molecule has 3 aromatic rings. The second-order valence-corrected chi connectivity index (χ2v) is 7.84. The van der Waals surface area contributed by atoms with Gasteiger partial charge in [0.25, 0.3) is 5.69 Å². The van der Waals surface area contributed by atoms with E-state index in [-0.39, 0.29) is 23.5 Å². The average Bonchev–Trinajstić information content (AvgIpc) is 2.85. The molecule has 1 unspecified atom stereocenters. The molecule has 0 aliphatic rings. The number of rotatable bonds is 10. The first-order chi connectivity index (χ1) is 16.3. The van der Waals surface area contributed by atoms with Gasteiger partial charge in [-0.05, 0) is 36.8 Å². The number of nitrogens with one attached hydrogen (secondary N) is 1. The van der Waals surface area contributed by atoms with Crippen LogP contribution in [-0.2, 0) is 9.53 Å². The van der Waals surface area contributed by atoms with Gasteiger partial charge in [-0.3, -0.25) is 19.7 Å².